The van der Waals surface area contributed by atoms with Crippen molar-refractivity contribution in [3.63, 3.8) is 0 Å². The van der Waals surface area contributed by atoms with Crippen LogP contribution in [0.1, 0.15) is 28.8 Å². The molecule has 156 valence electrons. The molecule has 0 radical (unpaired) electrons. The SMILES string of the molecule is CCOc1ccc(-c2cc(N3CCN(C(=O)c4cc(C)oc4C)CC3)ncn2)cc1. The molecule has 0 bridgehead atoms. The summed E-state index contributed by atoms with van der Waals surface area (Å²) in [6.07, 6.45) is 1.59. The van der Waals surface area contributed by atoms with Crippen molar-refractivity contribution in [3.05, 3.63) is 59.8 Å². The Morgan fingerprint density at radius 2 is 1.80 bits per heavy atom. The van der Waals surface area contributed by atoms with Gasteiger partial charge in [0, 0.05) is 37.8 Å². The van der Waals surface area contributed by atoms with Crippen molar-refractivity contribution in [1.29, 1.82) is 0 Å². The van der Waals surface area contributed by atoms with E-state index in [4.69, 9.17) is 9.15 Å². The Morgan fingerprint density at radius 3 is 2.43 bits per heavy atom. The van der Waals surface area contributed by atoms with Crippen LogP contribution in [0, 0.1) is 13.8 Å². The first kappa shape index (κ1) is 19.9. The van der Waals surface area contributed by atoms with Gasteiger partial charge in [-0.15, -0.1) is 0 Å². The molecule has 3 heterocycles. The maximum Gasteiger partial charge on any atom is 0.257 e. The normalized spacial score (nSPS) is 14.1. The van der Waals surface area contributed by atoms with Gasteiger partial charge in [0.05, 0.1) is 17.9 Å². The Kier molecular flexibility index (Phi) is 5.70. The highest BCUT2D eigenvalue weighted by Gasteiger charge is 2.25. The number of hydrogen-bond donors (Lipinski definition) is 0. The van der Waals surface area contributed by atoms with Crippen LogP contribution in [0.5, 0.6) is 5.75 Å². The number of hydrogen-bond acceptors (Lipinski definition) is 6. The molecule has 1 aliphatic heterocycles. The molecule has 0 atom stereocenters. The molecule has 0 N–H and O–H groups in total. The fraction of sp³-hybridized carbons (Fsp3) is 0.348. The first-order valence-electron chi connectivity index (χ1n) is 10.2. The van der Waals surface area contributed by atoms with Crippen LogP contribution in [0.3, 0.4) is 0 Å². The number of benzene rings is 1. The number of furan rings is 1. The predicted octanol–water partition coefficient (Wildman–Crippen LogP) is 3.71. The summed E-state index contributed by atoms with van der Waals surface area (Å²) in [7, 11) is 0. The molecular formula is C23H26N4O3. The number of rotatable bonds is 5. The summed E-state index contributed by atoms with van der Waals surface area (Å²) in [5, 5.41) is 0. The lowest BCUT2D eigenvalue weighted by molar-refractivity contribution is 0.0744. The van der Waals surface area contributed by atoms with Crippen molar-refractivity contribution in [2.24, 2.45) is 0 Å². The zero-order chi connectivity index (χ0) is 21.1. The molecule has 30 heavy (non-hydrogen) atoms. The summed E-state index contributed by atoms with van der Waals surface area (Å²) < 4.78 is 11.0. The van der Waals surface area contributed by atoms with E-state index in [-0.39, 0.29) is 5.91 Å². The minimum absolute atomic E-state index is 0.0294. The highest BCUT2D eigenvalue weighted by Crippen LogP contribution is 2.24. The topological polar surface area (TPSA) is 71.7 Å². The fourth-order valence-electron chi connectivity index (χ4n) is 3.72. The van der Waals surface area contributed by atoms with Gasteiger partial charge in [0.1, 0.15) is 29.4 Å². The third kappa shape index (κ3) is 4.15. The molecule has 3 aromatic rings. The van der Waals surface area contributed by atoms with Crippen molar-refractivity contribution in [2.75, 3.05) is 37.7 Å². The second-order valence-corrected chi connectivity index (χ2v) is 7.32. The Morgan fingerprint density at radius 1 is 1.07 bits per heavy atom. The lowest BCUT2D eigenvalue weighted by atomic mass is 10.1. The summed E-state index contributed by atoms with van der Waals surface area (Å²) in [5.74, 6) is 3.19. The number of aromatic nitrogens is 2. The summed E-state index contributed by atoms with van der Waals surface area (Å²) >= 11 is 0. The zero-order valence-corrected chi connectivity index (χ0v) is 17.6. The van der Waals surface area contributed by atoms with E-state index in [0.717, 1.165) is 41.7 Å². The quantitative estimate of drug-likeness (QED) is 0.643. The van der Waals surface area contributed by atoms with E-state index < -0.39 is 0 Å². The predicted molar refractivity (Wildman–Crippen MR) is 115 cm³/mol. The van der Waals surface area contributed by atoms with Crippen LogP contribution in [0.15, 0.2) is 47.1 Å². The van der Waals surface area contributed by atoms with E-state index >= 15 is 0 Å². The number of anilines is 1. The van der Waals surface area contributed by atoms with Crippen LogP contribution in [-0.2, 0) is 0 Å². The molecule has 4 rings (SSSR count). The third-order valence-corrected chi connectivity index (χ3v) is 5.28. The van der Waals surface area contributed by atoms with Crippen molar-refractivity contribution < 1.29 is 13.9 Å². The van der Waals surface area contributed by atoms with E-state index in [9.17, 15) is 4.79 Å². The molecular weight excluding hydrogens is 380 g/mol. The minimum atomic E-state index is 0.0294. The summed E-state index contributed by atoms with van der Waals surface area (Å²) in [6, 6.07) is 11.7. The van der Waals surface area contributed by atoms with E-state index in [1.54, 1.807) is 6.33 Å². The average molecular weight is 406 g/mol. The minimum Gasteiger partial charge on any atom is -0.494 e. The lowest BCUT2D eigenvalue weighted by Crippen LogP contribution is -2.49. The molecule has 1 fully saturated rings. The number of carbonyl (C=O) groups is 1. The van der Waals surface area contributed by atoms with Gasteiger partial charge in [0.2, 0.25) is 0 Å². The largest absolute Gasteiger partial charge is 0.494 e. The molecule has 0 unspecified atom stereocenters. The van der Waals surface area contributed by atoms with Crippen molar-refractivity contribution in [2.45, 2.75) is 20.8 Å². The molecule has 7 nitrogen and oxygen atoms in total. The molecule has 2 aromatic heterocycles. The molecule has 0 aliphatic carbocycles. The molecule has 1 aromatic carbocycles. The Balaban J connectivity index is 1.43. The molecule has 1 amide bonds. The number of nitrogens with zero attached hydrogens (tertiary/aromatic N) is 4. The zero-order valence-electron chi connectivity index (χ0n) is 17.6. The summed E-state index contributed by atoms with van der Waals surface area (Å²) in [4.78, 5) is 25.7. The van der Waals surface area contributed by atoms with Crippen LogP contribution in [0.4, 0.5) is 5.82 Å². The van der Waals surface area contributed by atoms with E-state index in [1.807, 2.05) is 62.1 Å². The first-order chi connectivity index (χ1) is 14.5. The second kappa shape index (κ2) is 8.57. The number of piperazine rings is 1. The molecule has 0 saturated carbocycles. The van der Waals surface area contributed by atoms with Gasteiger partial charge in [-0.2, -0.15) is 0 Å². The van der Waals surface area contributed by atoms with Crippen LogP contribution >= 0.6 is 0 Å². The van der Waals surface area contributed by atoms with E-state index in [0.29, 0.717) is 31.0 Å². The summed E-state index contributed by atoms with van der Waals surface area (Å²) in [5.41, 5.74) is 2.54. The molecule has 7 heteroatoms. The molecule has 0 spiro atoms. The van der Waals surface area contributed by atoms with Crippen molar-refractivity contribution >= 4 is 11.7 Å². The summed E-state index contributed by atoms with van der Waals surface area (Å²) in [6.45, 7) is 9.04. The Labute approximate surface area is 176 Å². The maximum absolute atomic E-state index is 12.8. The number of carbonyl (C=O) groups excluding carboxylic acids is 1. The Bertz CT molecular complexity index is 1020. The lowest BCUT2D eigenvalue weighted by Gasteiger charge is -2.35. The smallest absolute Gasteiger partial charge is 0.257 e. The van der Waals surface area contributed by atoms with Gasteiger partial charge in [0.15, 0.2) is 0 Å². The first-order valence-corrected chi connectivity index (χ1v) is 10.2. The van der Waals surface area contributed by atoms with Gasteiger partial charge in [0.25, 0.3) is 5.91 Å². The highest BCUT2D eigenvalue weighted by atomic mass is 16.5. The van der Waals surface area contributed by atoms with Gasteiger partial charge in [-0.05, 0) is 51.1 Å². The standard InChI is InChI=1S/C23H26N4O3/c1-4-29-19-7-5-18(6-8-19)21-14-22(25-15-24-21)26-9-11-27(12-10-26)23(28)20-13-16(2)30-17(20)3/h5-8,13-15H,4,9-12H2,1-3H3. The van der Waals surface area contributed by atoms with Crippen molar-refractivity contribution in [1.82, 2.24) is 14.9 Å². The van der Waals surface area contributed by atoms with Gasteiger partial charge in [-0.25, -0.2) is 9.97 Å². The van der Waals surface area contributed by atoms with Gasteiger partial charge < -0.3 is 19.0 Å². The Hall–Kier alpha value is -3.35. The number of aryl methyl sites for hydroxylation is 2. The van der Waals surface area contributed by atoms with Gasteiger partial charge >= 0.3 is 0 Å². The maximum atomic E-state index is 12.8. The number of amides is 1. The molecule has 1 saturated heterocycles. The van der Waals surface area contributed by atoms with E-state index in [1.165, 1.54) is 0 Å². The second-order valence-electron chi connectivity index (χ2n) is 7.32. The third-order valence-electron chi connectivity index (χ3n) is 5.28. The van der Waals surface area contributed by atoms with Gasteiger partial charge in [-0.1, -0.05) is 0 Å². The van der Waals surface area contributed by atoms with E-state index in [2.05, 4.69) is 14.9 Å². The number of ether oxygens (including phenoxy) is 1. The monoisotopic (exact) mass is 406 g/mol. The average Bonchev–Trinajstić information content (AvgIpc) is 3.12. The van der Waals surface area contributed by atoms with Crippen molar-refractivity contribution in [3.8, 4) is 17.0 Å². The van der Waals surface area contributed by atoms with Gasteiger partial charge in [-0.3, -0.25) is 4.79 Å². The van der Waals surface area contributed by atoms with Crippen LogP contribution in [0.2, 0.25) is 0 Å². The van der Waals surface area contributed by atoms with Crippen LogP contribution in [0.25, 0.3) is 11.3 Å². The molecule has 1 aliphatic rings. The highest BCUT2D eigenvalue weighted by molar-refractivity contribution is 5.95. The fourth-order valence-corrected chi connectivity index (χ4v) is 3.72. The van der Waals surface area contributed by atoms with Crippen LogP contribution < -0.4 is 9.64 Å². The van der Waals surface area contributed by atoms with Crippen LogP contribution in [-0.4, -0.2) is 53.6 Å².